The number of benzene rings is 1. The van der Waals surface area contributed by atoms with Crippen molar-refractivity contribution in [3.05, 3.63) is 35.9 Å². The van der Waals surface area contributed by atoms with Crippen molar-refractivity contribution >= 4 is 0 Å². The Morgan fingerprint density at radius 3 is 2.76 bits per heavy atom. The Morgan fingerprint density at radius 2 is 2.00 bits per heavy atom. The van der Waals surface area contributed by atoms with Gasteiger partial charge in [-0.15, -0.1) is 0 Å². The van der Waals surface area contributed by atoms with Crippen LogP contribution < -0.4 is 5.32 Å². The Kier molecular flexibility index (Phi) is 6.88. The highest BCUT2D eigenvalue weighted by Gasteiger charge is 2.34. The van der Waals surface area contributed by atoms with Gasteiger partial charge in [-0.1, -0.05) is 30.3 Å². The summed E-state index contributed by atoms with van der Waals surface area (Å²) in [6.45, 7) is 7.53. The van der Waals surface area contributed by atoms with Crippen molar-refractivity contribution in [3.8, 4) is 0 Å². The monoisotopic (exact) mass is 346 g/mol. The molecule has 4 nitrogen and oxygen atoms in total. The third-order valence-electron chi connectivity index (χ3n) is 5.74. The molecule has 0 radical (unpaired) electrons. The molecule has 1 aliphatic carbocycles. The smallest absolute Gasteiger partial charge is 0.0897 e. The van der Waals surface area contributed by atoms with Gasteiger partial charge < -0.3 is 20.1 Å². The first-order valence-electron chi connectivity index (χ1n) is 10.0. The Balaban J connectivity index is 1.34. The molecule has 2 fully saturated rings. The fourth-order valence-electron chi connectivity index (χ4n) is 4.23. The van der Waals surface area contributed by atoms with Gasteiger partial charge in [0, 0.05) is 25.7 Å². The van der Waals surface area contributed by atoms with Crippen LogP contribution in [0, 0.1) is 0 Å². The van der Waals surface area contributed by atoms with E-state index in [1.807, 2.05) is 18.2 Å². The second kappa shape index (κ2) is 9.13. The maximum absolute atomic E-state index is 10.9. The Hall–Kier alpha value is -0.940. The summed E-state index contributed by atoms with van der Waals surface area (Å²) in [5.41, 5.74) is 0.452. The van der Waals surface area contributed by atoms with Crippen LogP contribution >= 0.6 is 0 Å². The number of rotatable bonds is 6. The summed E-state index contributed by atoms with van der Waals surface area (Å²) >= 11 is 0. The first-order valence-corrected chi connectivity index (χ1v) is 10.0. The lowest BCUT2D eigenvalue weighted by Gasteiger charge is -2.37. The number of nitrogens with zero attached hydrogens (tertiary/aromatic N) is 1. The normalized spacial score (nSPS) is 31.6. The zero-order chi connectivity index (χ0) is 17.5. The minimum Gasteiger partial charge on any atom is -0.385 e. The summed E-state index contributed by atoms with van der Waals surface area (Å²) in [6, 6.07) is 10.7. The predicted molar refractivity (Wildman–Crippen MR) is 102 cm³/mol. The van der Waals surface area contributed by atoms with Crippen molar-refractivity contribution in [2.75, 3.05) is 32.8 Å². The van der Waals surface area contributed by atoms with E-state index in [2.05, 4.69) is 29.3 Å². The Bertz CT molecular complexity index is 500. The quantitative estimate of drug-likeness (QED) is 0.778. The molecule has 1 aliphatic heterocycles. The van der Waals surface area contributed by atoms with E-state index in [0.29, 0.717) is 12.1 Å². The number of aliphatic hydroxyl groups is 1. The highest BCUT2D eigenvalue weighted by atomic mass is 16.5. The van der Waals surface area contributed by atoms with E-state index in [9.17, 15) is 5.11 Å². The van der Waals surface area contributed by atoms with Crippen LogP contribution in [-0.2, 0) is 10.3 Å². The molecule has 1 heterocycles. The lowest BCUT2D eigenvalue weighted by Crippen LogP contribution is -2.41. The lowest BCUT2D eigenvalue weighted by atomic mass is 9.78. The molecule has 25 heavy (non-hydrogen) atoms. The molecule has 1 saturated heterocycles. The number of nitrogens with one attached hydrogen (secondary N) is 1. The highest BCUT2D eigenvalue weighted by molar-refractivity contribution is 5.22. The molecule has 0 aromatic heterocycles. The van der Waals surface area contributed by atoms with Crippen LogP contribution in [0.25, 0.3) is 0 Å². The van der Waals surface area contributed by atoms with Crippen LogP contribution in [0.4, 0.5) is 0 Å². The fourth-order valence-corrected chi connectivity index (χ4v) is 4.23. The first-order chi connectivity index (χ1) is 12.2. The van der Waals surface area contributed by atoms with Crippen LogP contribution in [0.1, 0.15) is 51.0 Å². The van der Waals surface area contributed by atoms with E-state index in [-0.39, 0.29) is 0 Å². The standard InChI is InChI=1S/C21H34N2O2/c1-18-17-23(15-6-16-25-18)14-5-13-22-20-9-11-21(24,12-10-20)19-7-3-2-4-8-19/h2-4,7-8,18,20,22,24H,5-6,9-17H2,1H3. The summed E-state index contributed by atoms with van der Waals surface area (Å²) in [4.78, 5) is 2.54. The van der Waals surface area contributed by atoms with Crippen molar-refractivity contribution in [2.45, 2.75) is 63.2 Å². The fraction of sp³-hybridized carbons (Fsp3) is 0.714. The molecule has 4 heteroatoms. The zero-order valence-corrected chi connectivity index (χ0v) is 15.6. The molecule has 140 valence electrons. The molecule has 0 amide bonds. The highest BCUT2D eigenvalue weighted by Crippen LogP contribution is 2.36. The number of ether oxygens (including phenoxy) is 1. The molecule has 1 atom stereocenters. The third-order valence-corrected chi connectivity index (χ3v) is 5.74. The van der Waals surface area contributed by atoms with Crippen LogP contribution in [0.3, 0.4) is 0 Å². The molecule has 0 spiro atoms. The molecule has 1 unspecified atom stereocenters. The van der Waals surface area contributed by atoms with Crippen molar-refractivity contribution in [2.24, 2.45) is 0 Å². The zero-order valence-electron chi connectivity index (χ0n) is 15.6. The molecule has 0 bridgehead atoms. The van der Waals surface area contributed by atoms with Crippen molar-refractivity contribution in [1.82, 2.24) is 10.2 Å². The summed E-state index contributed by atoms with van der Waals surface area (Å²) in [5.74, 6) is 0. The van der Waals surface area contributed by atoms with E-state index >= 15 is 0 Å². The molecular formula is C21H34N2O2. The minimum absolute atomic E-state index is 0.365. The van der Waals surface area contributed by atoms with Crippen LogP contribution in [-0.4, -0.2) is 54.9 Å². The van der Waals surface area contributed by atoms with E-state index in [0.717, 1.165) is 70.5 Å². The largest absolute Gasteiger partial charge is 0.385 e. The maximum atomic E-state index is 10.9. The maximum Gasteiger partial charge on any atom is 0.0897 e. The lowest BCUT2D eigenvalue weighted by molar-refractivity contribution is -0.00835. The van der Waals surface area contributed by atoms with Crippen LogP contribution in [0.5, 0.6) is 0 Å². The van der Waals surface area contributed by atoms with E-state index < -0.39 is 5.60 Å². The third kappa shape index (κ3) is 5.52. The van der Waals surface area contributed by atoms with Gasteiger partial charge >= 0.3 is 0 Å². The molecule has 1 saturated carbocycles. The van der Waals surface area contributed by atoms with Gasteiger partial charge in [0.25, 0.3) is 0 Å². The molecule has 1 aromatic rings. The van der Waals surface area contributed by atoms with Crippen LogP contribution in [0.2, 0.25) is 0 Å². The first kappa shape index (κ1) is 18.8. The van der Waals surface area contributed by atoms with Gasteiger partial charge in [-0.25, -0.2) is 0 Å². The van der Waals surface area contributed by atoms with Gasteiger partial charge in [-0.05, 0) is 64.1 Å². The average molecular weight is 347 g/mol. The van der Waals surface area contributed by atoms with Gasteiger partial charge in [0.1, 0.15) is 0 Å². The van der Waals surface area contributed by atoms with Gasteiger partial charge in [0.05, 0.1) is 11.7 Å². The van der Waals surface area contributed by atoms with Gasteiger partial charge in [-0.2, -0.15) is 0 Å². The molecule has 2 N–H and O–H groups in total. The topological polar surface area (TPSA) is 44.7 Å². The summed E-state index contributed by atoms with van der Waals surface area (Å²) < 4.78 is 5.71. The van der Waals surface area contributed by atoms with Gasteiger partial charge in [-0.3, -0.25) is 0 Å². The number of hydrogen-bond donors (Lipinski definition) is 2. The minimum atomic E-state index is -0.623. The second-order valence-corrected chi connectivity index (χ2v) is 7.82. The Labute approximate surface area is 152 Å². The van der Waals surface area contributed by atoms with E-state index in [1.165, 1.54) is 6.42 Å². The Morgan fingerprint density at radius 1 is 1.24 bits per heavy atom. The predicted octanol–water partition coefficient (Wildman–Crippen LogP) is 2.91. The van der Waals surface area contributed by atoms with E-state index in [1.54, 1.807) is 0 Å². The average Bonchev–Trinajstić information content (AvgIpc) is 2.85. The summed E-state index contributed by atoms with van der Waals surface area (Å²) in [5, 5.41) is 14.6. The molecule has 1 aromatic carbocycles. The molecular weight excluding hydrogens is 312 g/mol. The van der Waals surface area contributed by atoms with Crippen LogP contribution in [0.15, 0.2) is 30.3 Å². The van der Waals surface area contributed by atoms with Gasteiger partial charge in [0.2, 0.25) is 0 Å². The van der Waals surface area contributed by atoms with E-state index in [4.69, 9.17) is 4.74 Å². The van der Waals surface area contributed by atoms with Gasteiger partial charge in [0.15, 0.2) is 0 Å². The summed E-state index contributed by atoms with van der Waals surface area (Å²) in [6.07, 6.45) is 6.53. The molecule has 2 aliphatic rings. The second-order valence-electron chi connectivity index (χ2n) is 7.82. The van der Waals surface area contributed by atoms with Crippen molar-refractivity contribution in [3.63, 3.8) is 0 Å². The SMILES string of the molecule is CC1CN(CCCNC2CCC(O)(c3ccccc3)CC2)CCCO1. The van der Waals surface area contributed by atoms with Crippen molar-refractivity contribution < 1.29 is 9.84 Å². The van der Waals surface area contributed by atoms with Crippen molar-refractivity contribution in [1.29, 1.82) is 0 Å². The summed E-state index contributed by atoms with van der Waals surface area (Å²) in [7, 11) is 0. The number of hydrogen-bond acceptors (Lipinski definition) is 4. The molecule has 3 rings (SSSR count).